The van der Waals surface area contributed by atoms with Crippen LogP contribution in [0.25, 0.3) is 11.4 Å². The molecule has 2 aliphatic carbocycles. The summed E-state index contributed by atoms with van der Waals surface area (Å²) in [7, 11) is 1.65. The highest BCUT2D eigenvalue weighted by atomic mass is 16.5. The maximum atomic E-state index is 5.37. The van der Waals surface area contributed by atoms with Crippen LogP contribution < -0.4 is 10.1 Å². The number of rotatable bonds is 6. The molecular weight excluding hydrogens is 266 g/mol. The third kappa shape index (κ3) is 2.73. The number of nitrogens with zero attached hydrogens (tertiary/aromatic N) is 2. The standard InChI is InChI=1S/C16H19N3O2/c1-20-13-4-2-3-12(9-13)15-18-16(21-19-15)17-14(10-5-6-10)11-7-8-11/h2-4,9-11,14H,5-8H2,1H3,(H,17,18,19). The molecule has 2 aliphatic rings. The molecule has 0 radical (unpaired) electrons. The van der Waals surface area contributed by atoms with Gasteiger partial charge in [0.2, 0.25) is 5.82 Å². The van der Waals surface area contributed by atoms with Crippen molar-refractivity contribution in [3.63, 3.8) is 0 Å². The summed E-state index contributed by atoms with van der Waals surface area (Å²) in [6, 6.07) is 8.75. The van der Waals surface area contributed by atoms with E-state index in [-0.39, 0.29) is 0 Å². The van der Waals surface area contributed by atoms with Gasteiger partial charge in [0.1, 0.15) is 5.75 Å². The van der Waals surface area contributed by atoms with Crippen LogP contribution >= 0.6 is 0 Å². The van der Waals surface area contributed by atoms with Crippen molar-refractivity contribution >= 4 is 6.01 Å². The topological polar surface area (TPSA) is 60.2 Å². The Hall–Kier alpha value is -2.04. The molecule has 4 rings (SSSR count). The molecule has 21 heavy (non-hydrogen) atoms. The van der Waals surface area contributed by atoms with Gasteiger partial charge in [-0.2, -0.15) is 4.98 Å². The molecule has 0 saturated heterocycles. The second-order valence-corrected chi connectivity index (χ2v) is 6.00. The number of nitrogens with one attached hydrogen (secondary N) is 1. The summed E-state index contributed by atoms with van der Waals surface area (Å²) in [5, 5.41) is 7.52. The normalized spacial score (nSPS) is 18.0. The zero-order chi connectivity index (χ0) is 14.2. The van der Waals surface area contributed by atoms with Gasteiger partial charge in [-0.15, -0.1) is 0 Å². The molecule has 0 amide bonds. The van der Waals surface area contributed by atoms with E-state index >= 15 is 0 Å². The fourth-order valence-electron chi connectivity index (χ4n) is 2.84. The quantitative estimate of drug-likeness (QED) is 0.882. The molecule has 110 valence electrons. The smallest absolute Gasteiger partial charge is 0.322 e. The van der Waals surface area contributed by atoms with Crippen molar-refractivity contribution in [2.75, 3.05) is 12.4 Å². The number of hydrogen-bond donors (Lipinski definition) is 1. The minimum absolute atomic E-state index is 0.517. The third-order valence-corrected chi connectivity index (χ3v) is 4.30. The average molecular weight is 285 g/mol. The van der Waals surface area contributed by atoms with Crippen LogP contribution in [0, 0.1) is 11.8 Å². The number of benzene rings is 1. The largest absolute Gasteiger partial charge is 0.497 e. The molecule has 1 aromatic heterocycles. The zero-order valence-electron chi connectivity index (χ0n) is 12.1. The van der Waals surface area contributed by atoms with E-state index < -0.39 is 0 Å². The summed E-state index contributed by atoms with van der Waals surface area (Å²) < 4.78 is 10.6. The van der Waals surface area contributed by atoms with Crippen LogP contribution in [0.5, 0.6) is 5.75 Å². The first-order chi connectivity index (χ1) is 10.3. The summed E-state index contributed by atoms with van der Waals surface area (Å²) >= 11 is 0. The number of methoxy groups -OCH3 is 1. The van der Waals surface area contributed by atoms with Gasteiger partial charge >= 0.3 is 6.01 Å². The van der Waals surface area contributed by atoms with Gasteiger partial charge in [0.05, 0.1) is 7.11 Å². The van der Waals surface area contributed by atoms with Crippen molar-refractivity contribution in [3.8, 4) is 17.1 Å². The molecule has 0 unspecified atom stereocenters. The Kier molecular flexibility index (Phi) is 3.05. The Morgan fingerprint density at radius 3 is 2.67 bits per heavy atom. The monoisotopic (exact) mass is 285 g/mol. The van der Waals surface area contributed by atoms with Crippen LogP contribution in [-0.2, 0) is 0 Å². The molecular formula is C16H19N3O2. The first-order valence-corrected chi connectivity index (χ1v) is 7.58. The van der Waals surface area contributed by atoms with Crippen molar-refractivity contribution in [2.24, 2.45) is 11.8 Å². The van der Waals surface area contributed by atoms with Crippen molar-refractivity contribution in [1.29, 1.82) is 0 Å². The van der Waals surface area contributed by atoms with Crippen LogP contribution in [-0.4, -0.2) is 23.3 Å². The summed E-state index contributed by atoms with van der Waals surface area (Å²) in [5.74, 6) is 2.98. The fraction of sp³-hybridized carbons (Fsp3) is 0.500. The Balaban J connectivity index is 1.51. The molecule has 2 saturated carbocycles. The highest BCUT2D eigenvalue weighted by Gasteiger charge is 2.42. The minimum Gasteiger partial charge on any atom is -0.497 e. The van der Waals surface area contributed by atoms with Crippen molar-refractivity contribution < 1.29 is 9.26 Å². The lowest BCUT2D eigenvalue weighted by molar-refractivity contribution is 0.414. The highest BCUT2D eigenvalue weighted by molar-refractivity contribution is 5.58. The highest BCUT2D eigenvalue weighted by Crippen LogP contribution is 2.45. The summed E-state index contributed by atoms with van der Waals surface area (Å²) in [6.07, 6.45) is 5.30. The Morgan fingerprint density at radius 2 is 2.00 bits per heavy atom. The van der Waals surface area contributed by atoms with E-state index in [9.17, 15) is 0 Å². The first-order valence-electron chi connectivity index (χ1n) is 7.58. The average Bonchev–Trinajstić information content (AvgIpc) is 3.44. The number of ether oxygens (including phenoxy) is 1. The zero-order valence-corrected chi connectivity index (χ0v) is 12.1. The summed E-state index contributed by atoms with van der Waals surface area (Å²) in [5.41, 5.74) is 0.903. The lowest BCUT2D eigenvalue weighted by Gasteiger charge is -2.14. The van der Waals surface area contributed by atoms with Crippen molar-refractivity contribution in [2.45, 2.75) is 31.7 Å². The van der Waals surface area contributed by atoms with E-state index in [2.05, 4.69) is 15.5 Å². The second-order valence-electron chi connectivity index (χ2n) is 6.00. The minimum atomic E-state index is 0.517. The maximum absolute atomic E-state index is 5.37. The third-order valence-electron chi connectivity index (χ3n) is 4.30. The van der Waals surface area contributed by atoms with Gasteiger partial charge in [0.15, 0.2) is 0 Å². The van der Waals surface area contributed by atoms with Gasteiger partial charge < -0.3 is 14.6 Å². The van der Waals surface area contributed by atoms with Gasteiger partial charge in [-0.3, -0.25) is 0 Å². The molecule has 1 heterocycles. The Bertz CT molecular complexity index is 620. The predicted octanol–water partition coefficient (Wildman–Crippen LogP) is 3.35. The molecule has 1 N–H and O–H groups in total. The van der Waals surface area contributed by atoms with Gasteiger partial charge in [-0.25, -0.2) is 0 Å². The van der Waals surface area contributed by atoms with Gasteiger partial charge in [0.25, 0.3) is 0 Å². The lowest BCUT2D eigenvalue weighted by atomic mass is 10.1. The van der Waals surface area contributed by atoms with Gasteiger partial charge in [-0.1, -0.05) is 17.3 Å². The van der Waals surface area contributed by atoms with Crippen LogP contribution in [0.4, 0.5) is 6.01 Å². The number of aromatic nitrogens is 2. The molecule has 1 aromatic carbocycles. The molecule has 5 nitrogen and oxygen atoms in total. The van der Waals surface area contributed by atoms with E-state index in [4.69, 9.17) is 9.26 Å². The molecule has 2 fully saturated rings. The molecule has 0 aliphatic heterocycles. The number of hydrogen-bond acceptors (Lipinski definition) is 5. The van der Waals surface area contributed by atoms with Crippen LogP contribution in [0.3, 0.4) is 0 Å². The molecule has 0 bridgehead atoms. The van der Waals surface area contributed by atoms with Crippen molar-refractivity contribution in [3.05, 3.63) is 24.3 Å². The molecule has 0 atom stereocenters. The van der Waals surface area contributed by atoms with E-state index in [1.165, 1.54) is 25.7 Å². The van der Waals surface area contributed by atoms with Crippen LogP contribution in [0.1, 0.15) is 25.7 Å². The van der Waals surface area contributed by atoms with E-state index in [1.807, 2.05) is 24.3 Å². The predicted molar refractivity (Wildman–Crippen MR) is 79.1 cm³/mol. The maximum Gasteiger partial charge on any atom is 0.322 e. The van der Waals surface area contributed by atoms with Crippen molar-refractivity contribution in [1.82, 2.24) is 10.1 Å². The Labute approximate surface area is 123 Å². The number of anilines is 1. The van der Waals surface area contributed by atoms with Gasteiger partial charge in [-0.05, 0) is 49.7 Å². The van der Waals surface area contributed by atoms with E-state index in [0.717, 1.165) is 23.1 Å². The molecule has 5 heteroatoms. The summed E-state index contributed by atoms with van der Waals surface area (Å²) in [6.45, 7) is 0. The molecule has 2 aromatic rings. The first kappa shape index (κ1) is 12.7. The second kappa shape index (κ2) is 5.06. The fourth-order valence-corrected chi connectivity index (χ4v) is 2.84. The van der Waals surface area contributed by atoms with Crippen LogP contribution in [0.15, 0.2) is 28.8 Å². The summed E-state index contributed by atoms with van der Waals surface area (Å²) in [4.78, 5) is 4.47. The van der Waals surface area contributed by atoms with Crippen LogP contribution in [0.2, 0.25) is 0 Å². The van der Waals surface area contributed by atoms with E-state index in [1.54, 1.807) is 7.11 Å². The molecule has 0 spiro atoms. The lowest BCUT2D eigenvalue weighted by Crippen LogP contribution is -2.24. The SMILES string of the molecule is COc1cccc(-c2noc(NC(C3CC3)C3CC3)n2)c1. The van der Waals surface area contributed by atoms with Gasteiger partial charge in [0, 0.05) is 11.6 Å². The Morgan fingerprint density at radius 1 is 1.24 bits per heavy atom. The van der Waals surface area contributed by atoms with E-state index in [0.29, 0.717) is 17.9 Å².